The molecule has 27 heavy (non-hydrogen) atoms. The quantitative estimate of drug-likeness (QED) is 0.606. The fourth-order valence-corrected chi connectivity index (χ4v) is 3.60. The number of carboxylic acids is 1. The van der Waals surface area contributed by atoms with Gasteiger partial charge in [-0.1, -0.05) is 60.7 Å². The normalized spacial score (nSPS) is 11.1. The molecule has 0 spiro atoms. The van der Waals surface area contributed by atoms with Crippen molar-refractivity contribution in [2.45, 2.75) is 11.4 Å². The lowest BCUT2D eigenvalue weighted by molar-refractivity contribution is 0.0696. The molecule has 0 aliphatic heterocycles. The van der Waals surface area contributed by atoms with E-state index in [-0.39, 0.29) is 10.5 Å². The summed E-state index contributed by atoms with van der Waals surface area (Å²) in [6.07, 6.45) is 0. The van der Waals surface area contributed by atoms with Gasteiger partial charge >= 0.3 is 5.97 Å². The zero-order valence-corrected chi connectivity index (χ0v) is 15.1. The van der Waals surface area contributed by atoms with Crippen molar-refractivity contribution in [3.05, 3.63) is 83.9 Å². The van der Waals surface area contributed by atoms with Gasteiger partial charge in [0.05, 0.1) is 10.5 Å². The van der Waals surface area contributed by atoms with Crippen LogP contribution in [0.3, 0.4) is 0 Å². The second kappa shape index (κ2) is 7.61. The average Bonchev–Trinajstić information content (AvgIpc) is 2.66. The molecule has 0 heterocycles. The molecule has 0 amide bonds. The first-order valence-corrected chi connectivity index (χ1v) is 9.68. The van der Waals surface area contributed by atoms with Gasteiger partial charge in [-0.3, -0.25) is 0 Å². The highest BCUT2D eigenvalue weighted by molar-refractivity contribution is 7.89. The molecule has 3 aromatic rings. The summed E-state index contributed by atoms with van der Waals surface area (Å²) >= 11 is 0. The summed E-state index contributed by atoms with van der Waals surface area (Å²) in [5.74, 6) is -1.23. The summed E-state index contributed by atoms with van der Waals surface area (Å²) in [5, 5.41) is 17.9. The van der Waals surface area contributed by atoms with Crippen molar-refractivity contribution in [2.75, 3.05) is 5.32 Å². The lowest BCUT2D eigenvalue weighted by atomic mass is 10.0. The van der Waals surface area contributed by atoms with Crippen molar-refractivity contribution in [3.8, 4) is 11.1 Å². The summed E-state index contributed by atoms with van der Waals surface area (Å²) < 4.78 is 24.4. The van der Waals surface area contributed by atoms with Crippen LogP contribution in [-0.4, -0.2) is 19.5 Å². The third-order valence-electron chi connectivity index (χ3n) is 4.04. The van der Waals surface area contributed by atoms with E-state index in [1.807, 2.05) is 36.4 Å². The highest BCUT2D eigenvalue weighted by Gasteiger charge is 2.22. The van der Waals surface area contributed by atoms with Crippen LogP contribution in [0.4, 0.5) is 5.69 Å². The number of hydrogen-bond acceptors (Lipinski definition) is 4. The van der Waals surface area contributed by atoms with E-state index in [9.17, 15) is 18.3 Å². The van der Waals surface area contributed by atoms with E-state index in [2.05, 4.69) is 5.32 Å². The first-order valence-electron chi connectivity index (χ1n) is 8.13. The molecule has 0 aliphatic carbocycles. The first kappa shape index (κ1) is 18.6. The molecule has 4 N–H and O–H groups in total. The molecule has 3 rings (SSSR count). The summed E-state index contributed by atoms with van der Waals surface area (Å²) in [5.41, 5.74) is 2.16. The van der Waals surface area contributed by atoms with Crippen LogP contribution in [0.1, 0.15) is 15.9 Å². The zero-order chi connectivity index (χ0) is 19.4. The van der Waals surface area contributed by atoms with Gasteiger partial charge in [0.15, 0.2) is 0 Å². The minimum atomic E-state index is -4.15. The lowest BCUT2D eigenvalue weighted by Gasteiger charge is -2.17. The number of rotatable bonds is 6. The molecular weight excluding hydrogens is 364 g/mol. The van der Waals surface area contributed by atoms with Gasteiger partial charge < -0.3 is 10.4 Å². The second-order valence-corrected chi connectivity index (χ2v) is 7.48. The molecule has 0 saturated carbocycles. The topological polar surface area (TPSA) is 109 Å². The van der Waals surface area contributed by atoms with Crippen LogP contribution in [0.15, 0.2) is 77.7 Å². The summed E-state index contributed by atoms with van der Waals surface area (Å²) in [4.78, 5) is 11.3. The number of carbonyl (C=O) groups is 1. The van der Waals surface area contributed by atoms with E-state index >= 15 is 0 Å². The van der Waals surface area contributed by atoms with E-state index in [1.54, 1.807) is 24.3 Å². The molecule has 0 atom stereocenters. The number of carboxylic acid groups (broad SMARTS) is 1. The largest absolute Gasteiger partial charge is 0.478 e. The minimum absolute atomic E-state index is 0.158. The first-order chi connectivity index (χ1) is 12.9. The number of anilines is 1. The van der Waals surface area contributed by atoms with Crippen molar-refractivity contribution >= 4 is 21.7 Å². The second-order valence-electron chi connectivity index (χ2n) is 5.95. The van der Waals surface area contributed by atoms with Gasteiger partial charge in [-0.25, -0.2) is 18.4 Å². The predicted molar refractivity (Wildman–Crippen MR) is 104 cm³/mol. The Morgan fingerprint density at radius 1 is 0.963 bits per heavy atom. The molecule has 7 heteroatoms. The number of benzene rings is 3. The number of sulfonamides is 1. The van der Waals surface area contributed by atoms with E-state index < -0.39 is 16.0 Å². The third-order valence-corrected chi connectivity index (χ3v) is 4.98. The highest BCUT2D eigenvalue weighted by Crippen LogP contribution is 2.35. The van der Waals surface area contributed by atoms with E-state index in [0.29, 0.717) is 23.4 Å². The van der Waals surface area contributed by atoms with Gasteiger partial charge in [0.1, 0.15) is 0 Å². The molecule has 3 aromatic carbocycles. The zero-order valence-electron chi connectivity index (χ0n) is 14.3. The SMILES string of the molecule is NS(=O)(=O)c1cc(C(=O)O)cc(NCc2ccccc2)c1-c1ccccc1. The molecule has 6 nitrogen and oxygen atoms in total. The fourth-order valence-electron chi connectivity index (χ4n) is 2.80. The minimum Gasteiger partial charge on any atom is -0.478 e. The standard InChI is InChI=1S/C20H18N2O4S/c21-27(25,26)18-12-16(20(23)24)11-17(19(18)15-9-5-2-6-10-15)22-13-14-7-3-1-4-8-14/h1-12,22H,13H2,(H,23,24)(H2,21,25,26). The van der Waals surface area contributed by atoms with Gasteiger partial charge in [-0.15, -0.1) is 0 Å². The Bertz CT molecular complexity index is 1070. The van der Waals surface area contributed by atoms with Gasteiger partial charge in [-0.05, 0) is 23.3 Å². The van der Waals surface area contributed by atoms with Crippen molar-refractivity contribution in [1.29, 1.82) is 0 Å². The molecular formula is C20H18N2O4S. The molecule has 0 unspecified atom stereocenters. The third kappa shape index (κ3) is 4.33. The Balaban J connectivity index is 2.19. The predicted octanol–water partition coefficient (Wildman–Crippen LogP) is 3.31. The monoisotopic (exact) mass is 382 g/mol. The molecule has 138 valence electrons. The smallest absolute Gasteiger partial charge is 0.335 e. The van der Waals surface area contributed by atoms with Gasteiger partial charge in [0, 0.05) is 17.8 Å². The molecule has 0 aliphatic rings. The number of aromatic carboxylic acids is 1. The van der Waals surface area contributed by atoms with Crippen LogP contribution in [0.2, 0.25) is 0 Å². The Labute approximate surface area is 157 Å². The van der Waals surface area contributed by atoms with Crippen LogP contribution in [0, 0.1) is 0 Å². The molecule has 0 radical (unpaired) electrons. The summed E-state index contributed by atoms with van der Waals surface area (Å²) in [6, 6.07) is 20.9. The van der Waals surface area contributed by atoms with Gasteiger partial charge in [0.2, 0.25) is 10.0 Å². The maximum Gasteiger partial charge on any atom is 0.335 e. The van der Waals surface area contributed by atoms with Crippen molar-refractivity contribution < 1.29 is 18.3 Å². The molecule has 0 fully saturated rings. The Kier molecular flexibility index (Phi) is 5.25. The number of primary sulfonamides is 1. The van der Waals surface area contributed by atoms with Gasteiger partial charge in [-0.2, -0.15) is 0 Å². The number of nitrogens with two attached hydrogens (primary N) is 1. The van der Waals surface area contributed by atoms with E-state index in [4.69, 9.17) is 5.14 Å². The number of nitrogens with one attached hydrogen (secondary N) is 1. The number of hydrogen-bond donors (Lipinski definition) is 3. The average molecular weight is 382 g/mol. The summed E-state index contributed by atoms with van der Waals surface area (Å²) in [6.45, 7) is 0.397. The fraction of sp³-hybridized carbons (Fsp3) is 0.0500. The Morgan fingerprint density at radius 2 is 1.56 bits per heavy atom. The molecule has 0 saturated heterocycles. The Hall–Kier alpha value is -3.16. The lowest BCUT2D eigenvalue weighted by Crippen LogP contribution is -2.16. The van der Waals surface area contributed by atoms with Crippen LogP contribution in [-0.2, 0) is 16.6 Å². The van der Waals surface area contributed by atoms with Crippen LogP contribution < -0.4 is 10.5 Å². The maximum absolute atomic E-state index is 12.2. The molecule has 0 bridgehead atoms. The molecule has 0 aromatic heterocycles. The van der Waals surface area contributed by atoms with E-state index in [0.717, 1.165) is 11.6 Å². The van der Waals surface area contributed by atoms with Gasteiger partial charge in [0.25, 0.3) is 0 Å². The Morgan fingerprint density at radius 3 is 2.11 bits per heavy atom. The van der Waals surface area contributed by atoms with Crippen molar-refractivity contribution in [1.82, 2.24) is 0 Å². The van der Waals surface area contributed by atoms with Crippen LogP contribution >= 0.6 is 0 Å². The van der Waals surface area contributed by atoms with Crippen molar-refractivity contribution in [3.63, 3.8) is 0 Å². The van der Waals surface area contributed by atoms with Crippen molar-refractivity contribution in [2.24, 2.45) is 5.14 Å². The van der Waals surface area contributed by atoms with Crippen LogP contribution in [0.5, 0.6) is 0 Å². The van der Waals surface area contributed by atoms with E-state index in [1.165, 1.54) is 6.07 Å². The highest BCUT2D eigenvalue weighted by atomic mass is 32.2. The maximum atomic E-state index is 12.2. The summed E-state index contributed by atoms with van der Waals surface area (Å²) in [7, 11) is -4.15. The van der Waals surface area contributed by atoms with Crippen LogP contribution in [0.25, 0.3) is 11.1 Å².